The highest BCUT2D eigenvalue weighted by Crippen LogP contribution is 2.33. The number of hydrogen-bond donors (Lipinski definition) is 1. The molecule has 0 saturated carbocycles. The molecule has 5 heterocycles. The Kier molecular flexibility index (Phi) is 5.76. The molecule has 1 N–H and O–H groups in total. The van der Waals surface area contributed by atoms with Gasteiger partial charge >= 0.3 is 0 Å². The zero-order valence-corrected chi connectivity index (χ0v) is 19.8. The van der Waals surface area contributed by atoms with Gasteiger partial charge in [-0.15, -0.1) is 0 Å². The first-order valence-corrected chi connectivity index (χ1v) is 11.9. The van der Waals surface area contributed by atoms with E-state index in [1.165, 1.54) is 0 Å². The molecule has 5 rings (SSSR count). The second-order valence-electron chi connectivity index (χ2n) is 8.67. The highest BCUT2D eigenvalue weighted by Gasteiger charge is 2.34. The van der Waals surface area contributed by atoms with E-state index in [9.17, 15) is 15.2 Å². The predicted octanol–water partition coefficient (Wildman–Crippen LogP) is 2.88. The number of aliphatic hydroxyl groups excluding tert-OH is 1. The molecular formula is C23H24BrN7O2. The Morgan fingerprint density at radius 1 is 1.33 bits per heavy atom. The van der Waals surface area contributed by atoms with Gasteiger partial charge in [-0.2, -0.15) is 10.4 Å². The maximum atomic E-state index is 13.3. The molecule has 0 aromatic carbocycles. The molecule has 10 heteroatoms. The summed E-state index contributed by atoms with van der Waals surface area (Å²) in [6, 6.07) is 7.56. The molecular weight excluding hydrogens is 486 g/mol. The lowest BCUT2D eigenvalue weighted by Gasteiger charge is -2.34. The molecule has 0 bridgehead atoms. The Morgan fingerprint density at radius 3 is 2.94 bits per heavy atom. The average Bonchev–Trinajstić information content (AvgIpc) is 3.40. The van der Waals surface area contributed by atoms with Gasteiger partial charge in [0.25, 0.3) is 5.91 Å². The van der Waals surface area contributed by atoms with Gasteiger partial charge in [0, 0.05) is 48.1 Å². The molecule has 2 saturated heterocycles. The van der Waals surface area contributed by atoms with Crippen LogP contribution in [-0.2, 0) is 0 Å². The molecule has 0 aliphatic carbocycles. The second-order valence-corrected chi connectivity index (χ2v) is 9.53. The normalized spacial score (nSPS) is 23.2. The first-order valence-electron chi connectivity index (χ1n) is 11.1. The molecule has 3 atom stereocenters. The van der Waals surface area contributed by atoms with E-state index >= 15 is 0 Å². The van der Waals surface area contributed by atoms with Crippen molar-refractivity contribution in [1.82, 2.24) is 24.5 Å². The molecule has 170 valence electrons. The van der Waals surface area contributed by atoms with Crippen molar-refractivity contribution in [2.24, 2.45) is 5.92 Å². The van der Waals surface area contributed by atoms with E-state index in [1.807, 2.05) is 35.1 Å². The molecule has 2 aliphatic rings. The van der Waals surface area contributed by atoms with Crippen molar-refractivity contribution in [2.75, 3.05) is 24.5 Å². The molecule has 0 spiro atoms. The Balaban J connectivity index is 1.47. The summed E-state index contributed by atoms with van der Waals surface area (Å²) in [4.78, 5) is 26.2. The third kappa shape index (κ3) is 3.96. The third-order valence-corrected chi connectivity index (χ3v) is 7.08. The average molecular weight is 510 g/mol. The zero-order valence-electron chi connectivity index (χ0n) is 18.2. The van der Waals surface area contributed by atoms with Crippen molar-refractivity contribution >= 4 is 33.3 Å². The van der Waals surface area contributed by atoms with Crippen LogP contribution in [0.4, 0.5) is 5.82 Å². The number of piperidine rings is 1. The van der Waals surface area contributed by atoms with Crippen LogP contribution in [0.1, 0.15) is 47.1 Å². The number of rotatable bonds is 3. The number of pyridine rings is 1. The summed E-state index contributed by atoms with van der Waals surface area (Å²) >= 11 is 3.45. The van der Waals surface area contributed by atoms with E-state index in [4.69, 9.17) is 10.1 Å². The molecule has 2 aliphatic heterocycles. The van der Waals surface area contributed by atoms with E-state index in [-0.39, 0.29) is 11.9 Å². The quantitative estimate of drug-likeness (QED) is 0.577. The minimum absolute atomic E-state index is 0.109. The summed E-state index contributed by atoms with van der Waals surface area (Å²) in [7, 11) is 0. The van der Waals surface area contributed by atoms with E-state index in [1.54, 1.807) is 16.8 Å². The van der Waals surface area contributed by atoms with Crippen molar-refractivity contribution in [2.45, 2.75) is 38.3 Å². The summed E-state index contributed by atoms with van der Waals surface area (Å²) in [5.41, 5.74) is 2.80. The van der Waals surface area contributed by atoms with E-state index in [0.29, 0.717) is 35.4 Å². The Labute approximate surface area is 199 Å². The minimum Gasteiger partial charge on any atom is -0.390 e. The number of anilines is 1. The molecule has 2 fully saturated rings. The fourth-order valence-corrected chi connectivity index (χ4v) is 5.17. The van der Waals surface area contributed by atoms with Gasteiger partial charge in [-0.3, -0.25) is 4.79 Å². The number of β-amino-alcohol motifs (C(OH)–C–C–N with tert-alkyl or cyclic N) is 1. The van der Waals surface area contributed by atoms with Crippen molar-refractivity contribution in [3.8, 4) is 6.07 Å². The summed E-state index contributed by atoms with van der Waals surface area (Å²) in [5.74, 6) is 0.220. The number of nitriles is 1. The SMILES string of the molecule is Cc1cn2nc(C3CCCCN3C(=O)c3ncccc3Br)cc2nc1N1CC(O)C(C#N)C1. The Bertz CT molecular complexity index is 1250. The van der Waals surface area contributed by atoms with Crippen molar-refractivity contribution in [3.05, 3.63) is 52.0 Å². The summed E-state index contributed by atoms with van der Waals surface area (Å²) in [6.45, 7) is 3.43. The first kappa shape index (κ1) is 21.8. The second kappa shape index (κ2) is 8.72. The summed E-state index contributed by atoms with van der Waals surface area (Å²) < 4.78 is 2.43. The van der Waals surface area contributed by atoms with Gasteiger partial charge in [0.05, 0.1) is 29.8 Å². The number of carbonyl (C=O) groups excluding carboxylic acids is 1. The van der Waals surface area contributed by atoms with Gasteiger partial charge in [0.1, 0.15) is 11.5 Å². The molecule has 1 amide bonds. The monoisotopic (exact) mass is 509 g/mol. The largest absolute Gasteiger partial charge is 0.390 e. The van der Waals surface area contributed by atoms with Gasteiger partial charge in [0.15, 0.2) is 5.65 Å². The lowest BCUT2D eigenvalue weighted by molar-refractivity contribution is 0.0598. The first-order chi connectivity index (χ1) is 16.0. The van der Waals surface area contributed by atoms with Crippen LogP contribution in [0, 0.1) is 24.2 Å². The molecule has 0 radical (unpaired) electrons. The van der Waals surface area contributed by atoms with Crippen LogP contribution >= 0.6 is 15.9 Å². The number of aliphatic hydroxyl groups is 1. The fraction of sp³-hybridized carbons (Fsp3) is 0.435. The van der Waals surface area contributed by atoms with Gasteiger partial charge in [-0.25, -0.2) is 14.5 Å². The predicted molar refractivity (Wildman–Crippen MR) is 125 cm³/mol. The Hall–Kier alpha value is -3.03. The molecule has 3 unspecified atom stereocenters. The number of carbonyl (C=O) groups is 1. The zero-order chi connectivity index (χ0) is 23.1. The van der Waals surface area contributed by atoms with Crippen LogP contribution in [0.2, 0.25) is 0 Å². The van der Waals surface area contributed by atoms with Gasteiger partial charge in [0.2, 0.25) is 0 Å². The Morgan fingerprint density at radius 2 is 2.18 bits per heavy atom. The van der Waals surface area contributed by atoms with Crippen molar-refractivity contribution in [1.29, 1.82) is 5.26 Å². The van der Waals surface area contributed by atoms with Crippen LogP contribution in [0.3, 0.4) is 0 Å². The van der Waals surface area contributed by atoms with E-state index < -0.39 is 12.0 Å². The van der Waals surface area contributed by atoms with Crippen LogP contribution in [0.25, 0.3) is 5.65 Å². The smallest absolute Gasteiger partial charge is 0.274 e. The van der Waals surface area contributed by atoms with Crippen molar-refractivity contribution in [3.63, 3.8) is 0 Å². The molecule has 3 aromatic heterocycles. The number of nitrogens with zero attached hydrogens (tertiary/aromatic N) is 7. The highest BCUT2D eigenvalue weighted by atomic mass is 79.9. The van der Waals surface area contributed by atoms with E-state index in [0.717, 1.165) is 36.3 Å². The molecule has 9 nitrogen and oxygen atoms in total. The maximum Gasteiger partial charge on any atom is 0.274 e. The van der Waals surface area contributed by atoms with Crippen LogP contribution in [0.5, 0.6) is 0 Å². The van der Waals surface area contributed by atoms with Gasteiger partial charge < -0.3 is 14.9 Å². The van der Waals surface area contributed by atoms with Crippen LogP contribution in [-0.4, -0.2) is 61.2 Å². The molecule has 33 heavy (non-hydrogen) atoms. The third-order valence-electron chi connectivity index (χ3n) is 6.44. The number of hydrogen-bond acceptors (Lipinski definition) is 7. The van der Waals surface area contributed by atoms with Crippen LogP contribution in [0.15, 0.2) is 35.1 Å². The summed E-state index contributed by atoms with van der Waals surface area (Å²) in [5, 5.41) is 24.2. The number of amides is 1. The van der Waals surface area contributed by atoms with Gasteiger partial charge in [-0.05, 0) is 54.2 Å². The lowest BCUT2D eigenvalue weighted by Crippen LogP contribution is -2.39. The highest BCUT2D eigenvalue weighted by molar-refractivity contribution is 9.10. The standard InChI is InChI=1S/C23H24BrN7O2/c1-14-11-31-20(27-22(14)29-12-15(10-25)19(32)13-29)9-17(28-31)18-6-2-3-8-30(18)23(33)21-16(24)5-4-7-26-21/h4-5,7,9,11,15,18-19,32H,2-3,6,8,12-13H2,1H3. The number of aromatic nitrogens is 4. The number of halogens is 1. The molecule has 3 aromatic rings. The lowest BCUT2D eigenvalue weighted by atomic mass is 9.99. The maximum absolute atomic E-state index is 13.3. The summed E-state index contributed by atoms with van der Waals surface area (Å²) in [6.07, 6.45) is 5.65. The van der Waals surface area contributed by atoms with Crippen LogP contribution < -0.4 is 4.90 Å². The number of aryl methyl sites for hydroxylation is 1. The minimum atomic E-state index is -0.680. The number of fused-ring (bicyclic) bond motifs is 1. The van der Waals surface area contributed by atoms with E-state index in [2.05, 4.69) is 27.0 Å². The van der Waals surface area contributed by atoms with Gasteiger partial charge in [-0.1, -0.05) is 0 Å². The fourth-order valence-electron chi connectivity index (χ4n) is 4.75. The topological polar surface area (TPSA) is 111 Å². The van der Waals surface area contributed by atoms with Crippen molar-refractivity contribution < 1.29 is 9.90 Å². The number of likely N-dealkylation sites (tertiary alicyclic amines) is 1.